The first-order chi connectivity index (χ1) is 19.2. The van der Waals surface area contributed by atoms with Crippen LogP contribution < -0.4 is 14.5 Å². The zero-order valence-corrected chi connectivity index (χ0v) is 22.8. The van der Waals surface area contributed by atoms with Gasteiger partial charge in [0.15, 0.2) is 5.78 Å². The van der Waals surface area contributed by atoms with Crippen molar-refractivity contribution in [3.63, 3.8) is 0 Å². The second-order valence-electron chi connectivity index (χ2n) is 11.0. The minimum Gasteiger partial charge on any atom is -0.425 e. The SMILES string of the molecule is CC(=O)c1ccc(N2C(=O)[C@@H]3[C@H](C2=O)[C@H]2C=Cc4ccccc4N2[C@H]3C(=O)Oc2cc(C)ccc2C(C)C)cc1. The van der Waals surface area contributed by atoms with Crippen LogP contribution in [0.1, 0.15) is 53.7 Å². The summed E-state index contributed by atoms with van der Waals surface area (Å²) in [6.45, 7) is 7.46. The van der Waals surface area contributed by atoms with Crippen LogP contribution in [0.3, 0.4) is 0 Å². The molecule has 3 aromatic carbocycles. The molecular weight excluding hydrogens is 504 g/mol. The van der Waals surface area contributed by atoms with E-state index in [4.69, 9.17) is 4.74 Å². The Labute approximate surface area is 233 Å². The number of ketones is 1. The molecule has 0 aliphatic carbocycles. The van der Waals surface area contributed by atoms with Crippen LogP contribution in [0.25, 0.3) is 6.08 Å². The fraction of sp³-hybridized carbons (Fsp3) is 0.273. The first-order valence-corrected chi connectivity index (χ1v) is 13.5. The van der Waals surface area contributed by atoms with Gasteiger partial charge in [0.1, 0.15) is 11.8 Å². The minimum absolute atomic E-state index is 0.108. The highest BCUT2D eigenvalue weighted by Crippen LogP contribution is 2.49. The van der Waals surface area contributed by atoms with Crippen LogP contribution >= 0.6 is 0 Å². The Morgan fingerprint density at radius 1 is 0.900 bits per heavy atom. The van der Waals surface area contributed by atoms with Crippen molar-refractivity contribution in [2.45, 2.75) is 45.7 Å². The van der Waals surface area contributed by atoms with Crippen molar-refractivity contribution in [2.75, 3.05) is 9.80 Å². The summed E-state index contributed by atoms with van der Waals surface area (Å²) < 4.78 is 6.09. The number of carbonyl (C=O) groups excluding carboxylic acids is 4. The van der Waals surface area contributed by atoms with Crippen LogP contribution in [0.15, 0.2) is 72.8 Å². The summed E-state index contributed by atoms with van der Waals surface area (Å²) in [7, 11) is 0. The third-order valence-electron chi connectivity index (χ3n) is 8.19. The highest BCUT2D eigenvalue weighted by Gasteiger charge is 2.65. The van der Waals surface area contributed by atoms with Crippen molar-refractivity contribution < 1.29 is 23.9 Å². The lowest BCUT2D eigenvalue weighted by Crippen LogP contribution is -2.50. The second-order valence-corrected chi connectivity index (χ2v) is 11.0. The van der Waals surface area contributed by atoms with E-state index >= 15 is 0 Å². The van der Waals surface area contributed by atoms with Gasteiger partial charge in [0.2, 0.25) is 11.8 Å². The number of Topliss-reactive ketones (excluding diaryl/α,β-unsaturated/α-hetero) is 1. The van der Waals surface area contributed by atoms with Gasteiger partial charge in [-0.15, -0.1) is 0 Å². The number of fused-ring (bicyclic) bond motifs is 5. The summed E-state index contributed by atoms with van der Waals surface area (Å²) in [5.74, 6) is -2.58. The van der Waals surface area contributed by atoms with Gasteiger partial charge in [-0.05, 0) is 72.9 Å². The van der Waals surface area contributed by atoms with Gasteiger partial charge in [0, 0.05) is 11.3 Å². The Morgan fingerprint density at radius 3 is 2.30 bits per heavy atom. The number of nitrogens with zero attached hydrogens (tertiary/aromatic N) is 2. The van der Waals surface area contributed by atoms with Crippen molar-refractivity contribution in [2.24, 2.45) is 11.8 Å². The summed E-state index contributed by atoms with van der Waals surface area (Å²) >= 11 is 0. The molecule has 2 amide bonds. The van der Waals surface area contributed by atoms with Gasteiger partial charge in [0.25, 0.3) is 0 Å². The maximum absolute atomic E-state index is 14.1. The number of amides is 2. The van der Waals surface area contributed by atoms with Crippen molar-refractivity contribution in [3.8, 4) is 5.75 Å². The summed E-state index contributed by atoms with van der Waals surface area (Å²) in [4.78, 5) is 56.9. The molecule has 6 rings (SSSR count). The smallest absolute Gasteiger partial charge is 0.335 e. The number of hydrogen-bond acceptors (Lipinski definition) is 6. The molecule has 3 aliphatic heterocycles. The van der Waals surface area contributed by atoms with Crippen molar-refractivity contribution in [1.82, 2.24) is 0 Å². The summed E-state index contributed by atoms with van der Waals surface area (Å²) in [6.07, 6.45) is 3.85. The van der Waals surface area contributed by atoms with E-state index in [1.54, 1.807) is 24.3 Å². The van der Waals surface area contributed by atoms with Gasteiger partial charge in [-0.25, -0.2) is 9.69 Å². The predicted octanol–water partition coefficient (Wildman–Crippen LogP) is 5.32. The average Bonchev–Trinajstić information content (AvgIpc) is 3.41. The molecule has 0 N–H and O–H groups in total. The molecule has 3 aromatic rings. The van der Waals surface area contributed by atoms with Crippen LogP contribution in [-0.2, 0) is 14.4 Å². The van der Waals surface area contributed by atoms with E-state index in [0.29, 0.717) is 17.0 Å². The standard InChI is InChI=1S/C33H30N2O5/c1-18(2)24-15-9-19(3)17-27(24)40-33(39)30-29-28(26-16-12-22-7-5-6-8-25(22)35(26)30)31(37)34(32(29)38)23-13-10-21(11-14-23)20(4)36/h5-18,26,28-30H,1-4H3/t26-,28-,29-,30-/m1/s1. The van der Waals surface area contributed by atoms with Gasteiger partial charge in [-0.3, -0.25) is 14.4 Å². The average molecular weight is 535 g/mol. The number of hydrogen-bond donors (Lipinski definition) is 0. The molecule has 7 nitrogen and oxygen atoms in total. The lowest BCUT2D eigenvalue weighted by molar-refractivity contribution is -0.139. The molecule has 2 saturated heterocycles. The first-order valence-electron chi connectivity index (χ1n) is 13.5. The van der Waals surface area contributed by atoms with E-state index in [2.05, 4.69) is 0 Å². The molecular formula is C33H30N2O5. The molecule has 0 radical (unpaired) electrons. The molecule has 3 heterocycles. The number of ether oxygens (including phenoxy) is 1. The van der Waals surface area contributed by atoms with Gasteiger partial charge >= 0.3 is 5.97 Å². The Morgan fingerprint density at radius 2 is 1.60 bits per heavy atom. The quantitative estimate of drug-likeness (QED) is 0.191. The number of imide groups is 1. The van der Waals surface area contributed by atoms with E-state index in [1.807, 2.05) is 80.3 Å². The third kappa shape index (κ3) is 3.96. The molecule has 0 unspecified atom stereocenters. The molecule has 4 atom stereocenters. The zero-order valence-electron chi connectivity index (χ0n) is 22.8. The van der Waals surface area contributed by atoms with Crippen LogP contribution in [-0.4, -0.2) is 35.7 Å². The third-order valence-corrected chi connectivity index (χ3v) is 8.19. The summed E-state index contributed by atoms with van der Waals surface area (Å²) in [6, 6.07) is 18.4. The number of benzene rings is 3. The van der Waals surface area contributed by atoms with Crippen molar-refractivity contribution in [1.29, 1.82) is 0 Å². The lowest BCUT2D eigenvalue weighted by atomic mass is 9.88. The molecule has 3 aliphatic rings. The Balaban J connectivity index is 1.43. The molecule has 2 fully saturated rings. The first kappa shape index (κ1) is 25.7. The fourth-order valence-corrected chi connectivity index (χ4v) is 6.26. The fourth-order valence-electron chi connectivity index (χ4n) is 6.26. The van der Waals surface area contributed by atoms with E-state index in [-0.39, 0.29) is 17.6 Å². The molecule has 40 heavy (non-hydrogen) atoms. The Hall–Kier alpha value is -4.52. The van der Waals surface area contributed by atoms with Gasteiger partial charge in [0.05, 0.1) is 23.6 Å². The topological polar surface area (TPSA) is 84.0 Å². The van der Waals surface area contributed by atoms with Crippen LogP contribution in [0.5, 0.6) is 5.75 Å². The van der Waals surface area contributed by atoms with Gasteiger partial charge in [-0.1, -0.05) is 56.3 Å². The minimum atomic E-state index is -1.00. The van der Waals surface area contributed by atoms with Gasteiger partial charge in [-0.2, -0.15) is 0 Å². The number of rotatable bonds is 5. The Kier molecular flexibility index (Phi) is 6.17. The second kappa shape index (κ2) is 9.59. The molecule has 0 spiro atoms. The number of carbonyl (C=O) groups is 4. The van der Waals surface area contributed by atoms with Crippen molar-refractivity contribution in [3.05, 3.63) is 95.1 Å². The van der Waals surface area contributed by atoms with Crippen LogP contribution in [0.2, 0.25) is 0 Å². The monoisotopic (exact) mass is 534 g/mol. The number of esters is 1. The number of anilines is 2. The highest BCUT2D eigenvalue weighted by atomic mass is 16.5. The summed E-state index contributed by atoms with van der Waals surface area (Å²) in [5, 5.41) is 0. The van der Waals surface area contributed by atoms with E-state index in [0.717, 1.165) is 27.3 Å². The van der Waals surface area contributed by atoms with Crippen LogP contribution in [0.4, 0.5) is 11.4 Å². The molecule has 0 bridgehead atoms. The molecule has 7 heteroatoms. The molecule has 0 saturated carbocycles. The maximum Gasteiger partial charge on any atom is 0.335 e. The van der Waals surface area contributed by atoms with Crippen molar-refractivity contribution >= 4 is 41.0 Å². The number of aryl methyl sites for hydroxylation is 1. The van der Waals surface area contributed by atoms with E-state index < -0.39 is 35.8 Å². The van der Waals surface area contributed by atoms with Gasteiger partial charge < -0.3 is 9.64 Å². The highest BCUT2D eigenvalue weighted by molar-refractivity contribution is 6.24. The van der Waals surface area contributed by atoms with E-state index in [9.17, 15) is 19.2 Å². The molecule has 202 valence electrons. The largest absolute Gasteiger partial charge is 0.425 e. The predicted molar refractivity (Wildman–Crippen MR) is 152 cm³/mol. The maximum atomic E-state index is 14.1. The lowest BCUT2D eigenvalue weighted by Gasteiger charge is -2.36. The normalized spacial score (nSPS) is 22.8. The molecule has 0 aromatic heterocycles. The number of para-hydroxylation sites is 1. The van der Waals surface area contributed by atoms with Crippen LogP contribution in [0, 0.1) is 18.8 Å². The summed E-state index contributed by atoms with van der Waals surface area (Å²) in [5.41, 5.74) is 4.41. The zero-order chi connectivity index (χ0) is 28.3. The van der Waals surface area contributed by atoms with E-state index in [1.165, 1.54) is 6.92 Å². The Bertz CT molecular complexity index is 1590.